The van der Waals surface area contributed by atoms with Gasteiger partial charge in [0.2, 0.25) is 0 Å². The third-order valence-electron chi connectivity index (χ3n) is 4.12. The smallest absolute Gasteiger partial charge is 0.425 e. The third-order valence-corrected chi connectivity index (χ3v) is 4.12. The highest BCUT2D eigenvalue weighted by atomic mass is 19.3. The van der Waals surface area contributed by atoms with Crippen LogP contribution >= 0.6 is 0 Å². The Morgan fingerprint density at radius 1 is 1.03 bits per heavy atom. The van der Waals surface area contributed by atoms with Crippen LogP contribution in [0.2, 0.25) is 0 Å². The molecule has 1 aliphatic rings. The van der Waals surface area contributed by atoms with Crippen LogP contribution in [0.25, 0.3) is 0 Å². The number of rotatable bonds is 8. The highest BCUT2D eigenvalue weighted by Crippen LogP contribution is 2.36. The second kappa shape index (κ2) is 9.37. The fraction of sp³-hybridized carbons (Fsp3) is 0.474. The summed E-state index contributed by atoms with van der Waals surface area (Å²) in [6.07, 6.45) is -8.73. The Morgan fingerprint density at radius 2 is 1.61 bits per heavy atom. The molecule has 12 heteroatoms. The maximum absolute atomic E-state index is 14.3. The van der Waals surface area contributed by atoms with Gasteiger partial charge in [-0.3, -0.25) is 0 Å². The first kappa shape index (κ1) is 23.2. The Labute approximate surface area is 173 Å². The van der Waals surface area contributed by atoms with E-state index in [9.17, 15) is 26.3 Å². The summed E-state index contributed by atoms with van der Waals surface area (Å²) in [7, 11) is 0. The molecule has 2 heterocycles. The highest BCUT2D eigenvalue weighted by molar-refractivity contribution is 5.22. The number of aromatic nitrogens is 2. The molecular formula is C19H18F6N2O4. The highest BCUT2D eigenvalue weighted by Gasteiger charge is 2.49. The van der Waals surface area contributed by atoms with Gasteiger partial charge in [0.05, 0.1) is 25.6 Å². The summed E-state index contributed by atoms with van der Waals surface area (Å²) in [6.45, 7) is 0.377. The molecule has 31 heavy (non-hydrogen) atoms. The minimum Gasteiger partial charge on any atom is -0.425 e. The Morgan fingerprint density at radius 3 is 2.16 bits per heavy atom. The van der Waals surface area contributed by atoms with Crippen LogP contribution in [-0.2, 0) is 26.7 Å². The summed E-state index contributed by atoms with van der Waals surface area (Å²) in [4.78, 5) is 7.75. The molecule has 1 aliphatic heterocycles. The Bertz CT molecular complexity index is 856. The molecule has 0 spiro atoms. The molecule has 0 saturated carbocycles. The van der Waals surface area contributed by atoms with Gasteiger partial charge in [-0.05, 0) is 18.6 Å². The SMILES string of the molecule is CCCc1ncc(OC(F)(F)C2OCC(OC(F)(F)c3c(F)cccc3F)CO2)cn1. The Hall–Kier alpha value is -2.44. The number of halogens is 6. The lowest BCUT2D eigenvalue weighted by Crippen LogP contribution is -2.50. The number of ether oxygens (including phenoxy) is 4. The van der Waals surface area contributed by atoms with Crippen LogP contribution in [0.4, 0.5) is 26.3 Å². The van der Waals surface area contributed by atoms with E-state index in [0.29, 0.717) is 24.4 Å². The van der Waals surface area contributed by atoms with Crippen LogP contribution in [0.15, 0.2) is 30.6 Å². The van der Waals surface area contributed by atoms with Gasteiger partial charge in [0.15, 0.2) is 5.75 Å². The molecule has 0 aliphatic carbocycles. The predicted octanol–water partition coefficient (Wildman–Crippen LogP) is 4.19. The van der Waals surface area contributed by atoms with Gasteiger partial charge >= 0.3 is 12.2 Å². The quantitative estimate of drug-likeness (QED) is 0.560. The van der Waals surface area contributed by atoms with Crippen molar-refractivity contribution in [3.05, 3.63) is 53.6 Å². The molecule has 1 aromatic heterocycles. The molecule has 0 N–H and O–H groups in total. The third kappa shape index (κ3) is 5.63. The van der Waals surface area contributed by atoms with Crippen molar-refractivity contribution in [3.63, 3.8) is 0 Å². The van der Waals surface area contributed by atoms with Crippen LogP contribution in [0.5, 0.6) is 5.75 Å². The second-order valence-electron chi connectivity index (χ2n) is 6.60. The number of hydrogen-bond donors (Lipinski definition) is 0. The van der Waals surface area contributed by atoms with Crippen LogP contribution in [-0.4, -0.2) is 41.7 Å². The zero-order chi connectivity index (χ0) is 22.6. The zero-order valence-corrected chi connectivity index (χ0v) is 16.2. The molecule has 6 nitrogen and oxygen atoms in total. The van der Waals surface area contributed by atoms with E-state index < -0.39 is 55.0 Å². The normalized spacial score (nSPS) is 20.0. The molecule has 1 saturated heterocycles. The van der Waals surface area contributed by atoms with Crippen molar-refractivity contribution in [3.8, 4) is 5.75 Å². The van der Waals surface area contributed by atoms with Crippen molar-refractivity contribution >= 4 is 0 Å². The van der Waals surface area contributed by atoms with Gasteiger partial charge in [0.1, 0.15) is 29.1 Å². The summed E-state index contributed by atoms with van der Waals surface area (Å²) in [5.41, 5.74) is -1.60. The van der Waals surface area contributed by atoms with E-state index in [0.717, 1.165) is 24.9 Å². The molecule has 3 rings (SSSR count). The molecule has 1 fully saturated rings. The topological polar surface area (TPSA) is 62.7 Å². The van der Waals surface area contributed by atoms with E-state index in [1.54, 1.807) is 0 Å². The minimum absolute atomic E-state index is 0.350. The average molecular weight is 452 g/mol. The largest absolute Gasteiger partial charge is 0.451 e. The van der Waals surface area contributed by atoms with Crippen molar-refractivity contribution in [2.75, 3.05) is 13.2 Å². The van der Waals surface area contributed by atoms with E-state index >= 15 is 0 Å². The molecule has 1 aromatic carbocycles. The Kier molecular flexibility index (Phi) is 7.02. The molecule has 2 aromatic rings. The molecule has 170 valence electrons. The van der Waals surface area contributed by atoms with Crippen molar-refractivity contribution < 1.29 is 45.3 Å². The van der Waals surface area contributed by atoms with E-state index in [-0.39, 0.29) is 5.75 Å². The molecule has 0 radical (unpaired) electrons. The van der Waals surface area contributed by atoms with E-state index in [2.05, 4.69) is 19.4 Å². The van der Waals surface area contributed by atoms with E-state index in [1.165, 1.54) is 0 Å². The maximum Gasteiger partial charge on any atom is 0.451 e. The van der Waals surface area contributed by atoms with Gasteiger partial charge < -0.3 is 18.9 Å². The molecule has 0 amide bonds. The first-order valence-corrected chi connectivity index (χ1v) is 9.23. The lowest BCUT2D eigenvalue weighted by atomic mass is 10.2. The lowest BCUT2D eigenvalue weighted by molar-refractivity contribution is -0.377. The van der Waals surface area contributed by atoms with Crippen molar-refractivity contribution in [2.45, 2.75) is 44.4 Å². The maximum atomic E-state index is 14.3. The van der Waals surface area contributed by atoms with Crippen LogP contribution < -0.4 is 4.74 Å². The van der Waals surface area contributed by atoms with Crippen molar-refractivity contribution in [1.82, 2.24) is 9.97 Å². The number of hydrogen-bond acceptors (Lipinski definition) is 6. The lowest BCUT2D eigenvalue weighted by Gasteiger charge is -2.34. The van der Waals surface area contributed by atoms with Gasteiger partial charge in [0, 0.05) is 6.42 Å². The summed E-state index contributed by atoms with van der Waals surface area (Å²) in [6, 6.07) is 2.18. The molecule has 0 unspecified atom stereocenters. The summed E-state index contributed by atoms with van der Waals surface area (Å²) in [5, 5.41) is 0. The zero-order valence-electron chi connectivity index (χ0n) is 16.2. The summed E-state index contributed by atoms with van der Waals surface area (Å²) < 4.78 is 102. The molecule has 0 atom stereocenters. The van der Waals surface area contributed by atoms with E-state index in [4.69, 9.17) is 9.47 Å². The van der Waals surface area contributed by atoms with Crippen molar-refractivity contribution in [1.29, 1.82) is 0 Å². The molecule has 0 bridgehead atoms. The average Bonchev–Trinajstić information content (AvgIpc) is 2.69. The number of nitrogens with zero attached hydrogens (tertiary/aromatic N) is 2. The van der Waals surface area contributed by atoms with Crippen molar-refractivity contribution in [2.24, 2.45) is 0 Å². The van der Waals surface area contributed by atoms with Gasteiger partial charge in [-0.1, -0.05) is 13.0 Å². The van der Waals surface area contributed by atoms with Gasteiger partial charge in [-0.15, -0.1) is 0 Å². The predicted molar refractivity (Wildman–Crippen MR) is 92.4 cm³/mol. The fourth-order valence-electron chi connectivity index (χ4n) is 2.75. The second-order valence-corrected chi connectivity index (χ2v) is 6.60. The monoisotopic (exact) mass is 452 g/mol. The van der Waals surface area contributed by atoms with Gasteiger partial charge in [-0.2, -0.15) is 17.6 Å². The first-order chi connectivity index (χ1) is 14.6. The number of alkyl halides is 4. The minimum atomic E-state index is -4.38. The Balaban J connectivity index is 1.58. The standard InChI is InChI=1S/C19H18F6N2O4/c1-2-4-15-26-7-11(8-27-15)30-19(24,25)17-28-9-12(10-29-17)31-18(22,23)16-13(20)5-3-6-14(16)21/h3,5-8,12,17H,2,4,9-10H2,1H3. The number of benzene rings is 1. The fourth-order valence-corrected chi connectivity index (χ4v) is 2.75. The van der Waals surface area contributed by atoms with Crippen LogP contribution in [0.3, 0.4) is 0 Å². The molecular weight excluding hydrogens is 434 g/mol. The van der Waals surface area contributed by atoms with Crippen LogP contribution in [0.1, 0.15) is 24.7 Å². The van der Waals surface area contributed by atoms with Gasteiger partial charge in [-0.25, -0.2) is 18.7 Å². The van der Waals surface area contributed by atoms with E-state index in [1.807, 2.05) is 6.92 Å². The van der Waals surface area contributed by atoms with Crippen LogP contribution in [0, 0.1) is 11.6 Å². The summed E-state index contributed by atoms with van der Waals surface area (Å²) >= 11 is 0. The van der Waals surface area contributed by atoms with Gasteiger partial charge in [0.25, 0.3) is 6.29 Å². The first-order valence-electron chi connectivity index (χ1n) is 9.23. The summed E-state index contributed by atoms with van der Waals surface area (Å²) in [5.74, 6) is -2.94. The number of aryl methyl sites for hydroxylation is 1.